The Morgan fingerprint density at radius 1 is 0.800 bits per heavy atom. The lowest BCUT2D eigenvalue weighted by Crippen LogP contribution is -1.66. The topological polar surface area (TPSA) is 196 Å². The number of hydrogen-bond donors (Lipinski definition) is 9. The largest absolute Gasteiger partial charge is 0.466 e. The molecular formula is H9O10P3S2. The molecule has 0 unspecified atom stereocenters. The molecule has 0 fully saturated rings. The highest BCUT2D eigenvalue weighted by Crippen LogP contribution is 2.39. The highest BCUT2D eigenvalue weighted by atomic mass is 32.7. The summed E-state index contributed by atoms with van der Waals surface area (Å²) in [6, 6.07) is 0. The van der Waals surface area contributed by atoms with Crippen LogP contribution >= 0.6 is 33.6 Å². The molecule has 0 rings (SSSR count). The lowest BCUT2D eigenvalue weighted by molar-refractivity contribution is 0.275. The molecule has 0 aromatic rings. The van der Waals surface area contributed by atoms with Crippen LogP contribution in [0.5, 0.6) is 0 Å². The Balaban J connectivity index is -0.000000144. The second-order valence-corrected chi connectivity index (χ2v) is 7.65. The molecular weight excluding hydrogens is 317 g/mol. The van der Waals surface area contributed by atoms with Crippen molar-refractivity contribution in [1.29, 1.82) is 0 Å². The molecule has 0 saturated heterocycles. The Morgan fingerprint density at radius 2 is 0.800 bits per heavy atom. The van der Waals surface area contributed by atoms with E-state index in [4.69, 9.17) is 43.7 Å². The van der Waals surface area contributed by atoms with Gasteiger partial charge in [0.15, 0.2) is 0 Å². The molecule has 96 valence electrons. The van der Waals surface area contributed by atoms with Crippen molar-refractivity contribution in [3.8, 4) is 0 Å². The van der Waals surface area contributed by atoms with Gasteiger partial charge in [0, 0.05) is 0 Å². The maximum Gasteiger partial charge on any atom is 0.466 e. The minimum atomic E-state index is -4.64. The first-order valence-corrected chi connectivity index (χ1v) is 9.34. The number of hydrogen-bond acceptors (Lipinski definition) is 3. The highest BCUT2D eigenvalue weighted by Gasteiger charge is 2.00. The van der Waals surface area contributed by atoms with E-state index in [-0.39, 0.29) is 0 Å². The zero-order valence-electron chi connectivity index (χ0n) is 6.59. The molecule has 0 bridgehead atoms. The van der Waals surface area contributed by atoms with Crippen molar-refractivity contribution in [3.63, 3.8) is 0 Å². The number of rotatable bonds is 0. The van der Waals surface area contributed by atoms with Crippen molar-refractivity contribution in [2.45, 2.75) is 0 Å². The molecule has 0 atom stereocenters. The summed E-state index contributed by atoms with van der Waals surface area (Å²) in [6.07, 6.45) is 0. The summed E-state index contributed by atoms with van der Waals surface area (Å²) in [7, 11) is -4.64. The lowest BCUT2D eigenvalue weighted by Gasteiger charge is -1.88. The van der Waals surface area contributed by atoms with Gasteiger partial charge in [-0.2, -0.15) is 0 Å². The van der Waals surface area contributed by atoms with Crippen molar-refractivity contribution < 1.29 is 48.3 Å². The predicted octanol–water partition coefficient (Wildman–Crippen LogP) is -1.73. The molecule has 0 aliphatic heterocycles. The second-order valence-electron chi connectivity index (χ2n) is 1.54. The lowest BCUT2D eigenvalue weighted by atomic mass is 15.8. The zero-order chi connectivity index (χ0) is 13.5. The van der Waals surface area contributed by atoms with E-state index in [0.29, 0.717) is 0 Å². The molecule has 8 N–H and O–H groups in total. The van der Waals surface area contributed by atoms with Crippen molar-refractivity contribution in [3.05, 3.63) is 0 Å². The molecule has 0 aliphatic rings. The standard InChI is InChI=1S/H3O4P.2H3O3PS/c1-5(2,3)4;2*1-4(2,3)5/h(H3,1,2,3,4);2*(H3,1,2,3,5). The van der Waals surface area contributed by atoms with E-state index in [9.17, 15) is 4.57 Å². The molecule has 15 heavy (non-hydrogen) atoms. The summed E-state index contributed by atoms with van der Waals surface area (Å²) in [4.78, 5) is 59.2. The van der Waals surface area contributed by atoms with Crippen LogP contribution in [0.3, 0.4) is 0 Å². The summed E-state index contributed by atoms with van der Waals surface area (Å²) in [5.74, 6) is 0. The second kappa shape index (κ2) is 8.26. The van der Waals surface area contributed by atoms with E-state index in [0.717, 1.165) is 0 Å². The van der Waals surface area contributed by atoms with Crippen molar-refractivity contribution in [2.75, 3.05) is 0 Å². The van der Waals surface area contributed by atoms with Crippen LogP contribution in [0.15, 0.2) is 0 Å². The van der Waals surface area contributed by atoms with Crippen LogP contribution < -0.4 is 0 Å². The predicted molar refractivity (Wildman–Crippen MR) is 56.2 cm³/mol. The third-order valence-corrected chi connectivity index (χ3v) is 0. The van der Waals surface area contributed by atoms with Gasteiger partial charge in [-0.1, -0.05) is 12.2 Å². The smallest absolute Gasteiger partial charge is 0.325 e. The normalized spacial score (nSPS) is 11.8. The van der Waals surface area contributed by atoms with Gasteiger partial charge in [-0.3, -0.25) is 0 Å². The molecule has 15 heteroatoms. The Labute approximate surface area is 94.0 Å². The van der Waals surface area contributed by atoms with Gasteiger partial charge < -0.3 is 39.1 Å². The van der Waals surface area contributed by atoms with Gasteiger partial charge in [0.25, 0.3) is 0 Å². The van der Waals surface area contributed by atoms with Crippen LogP contribution in [0.2, 0.25) is 0 Å². The monoisotopic (exact) mass is 326 g/mol. The Hall–Kier alpha value is 1.14. The van der Waals surface area contributed by atoms with Crippen LogP contribution in [0.1, 0.15) is 0 Å². The molecule has 0 aromatic heterocycles. The van der Waals surface area contributed by atoms with Crippen molar-refractivity contribution in [2.24, 2.45) is 0 Å². The minimum Gasteiger partial charge on any atom is -0.325 e. The maximum atomic E-state index is 9.19. The molecule has 0 saturated carbocycles. The fourth-order valence-corrected chi connectivity index (χ4v) is 0. The van der Waals surface area contributed by atoms with Crippen LogP contribution in [0, 0.1) is 0 Å². The maximum absolute atomic E-state index is 9.19. The Kier molecular flexibility index (Phi) is 11.8. The van der Waals surface area contributed by atoms with Crippen molar-refractivity contribution in [1.82, 2.24) is 0 Å². The fourth-order valence-electron chi connectivity index (χ4n) is 0. The third kappa shape index (κ3) is 2010. The first-order valence-electron chi connectivity index (χ1n) is 2.35. The molecule has 0 spiro atoms. The van der Waals surface area contributed by atoms with E-state index < -0.39 is 21.3 Å². The molecule has 0 aliphatic carbocycles. The zero-order valence-corrected chi connectivity index (χ0v) is 11.0. The van der Waals surface area contributed by atoms with Gasteiger partial charge in [-0.25, -0.2) is 9.13 Å². The quantitative estimate of drug-likeness (QED) is 0.181. The van der Waals surface area contributed by atoms with Crippen LogP contribution in [-0.2, 0) is 20.9 Å². The Bertz CT molecular complexity index is 205. The molecule has 0 radical (unpaired) electrons. The summed E-state index contributed by atoms with van der Waals surface area (Å²) in [5.41, 5.74) is 0. The first kappa shape index (κ1) is 21.4. The van der Waals surface area contributed by atoms with E-state index in [1.807, 2.05) is 0 Å². The van der Waals surface area contributed by atoms with E-state index in [2.05, 4.69) is 24.1 Å². The van der Waals surface area contributed by atoms with Crippen LogP contribution in [0.25, 0.3) is 0 Å². The average Bonchev–Trinajstić information content (AvgIpc) is 1.41. The minimum absolute atomic E-state index is 2.79. The van der Waals surface area contributed by atoms with Gasteiger partial charge in [0.1, 0.15) is 0 Å². The van der Waals surface area contributed by atoms with Crippen LogP contribution in [0.4, 0.5) is 0 Å². The third-order valence-electron chi connectivity index (χ3n) is 0. The Morgan fingerprint density at radius 3 is 0.800 bits per heavy atom. The van der Waals surface area contributed by atoms with Crippen LogP contribution in [-0.4, -0.2) is 39.1 Å². The van der Waals surface area contributed by atoms with E-state index >= 15 is 0 Å². The number of phosphoric acid groups is 1. The van der Waals surface area contributed by atoms with Crippen molar-refractivity contribution >= 4 is 45.4 Å². The summed E-state index contributed by atoms with van der Waals surface area (Å²) in [6.45, 7) is -7.75. The van der Waals surface area contributed by atoms with E-state index in [1.165, 1.54) is 0 Å². The van der Waals surface area contributed by atoms with Gasteiger partial charge in [-0.05, 0) is 11.8 Å². The van der Waals surface area contributed by atoms with E-state index in [1.54, 1.807) is 0 Å². The SMILES string of the molecule is O=P(O)(O)O.O=P(O)(O)S.OP(O)(O)=S. The fraction of sp³-hybridized carbons (Fsp3) is 0. The first-order chi connectivity index (χ1) is 6.00. The molecule has 0 amide bonds. The van der Waals surface area contributed by atoms with Gasteiger partial charge in [0.05, 0.1) is 0 Å². The highest BCUT2D eigenvalue weighted by molar-refractivity contribution is 8.43. The molecule has 0 aromatic carbocycles. The van der Waals surface area contributed by atoms with Gasteiger partial charge in [-0.15, -0.1) is 0 Å². The summed E-state index contributed by atoms with van der Waals surface area (Å²) in [5, 5.41) is 0. The molecule has 0 heterocycles. The summed E-state index contributed by atoms with van der Waals surface area (Å²) < 4.78 is 18.1. The average molecular weight is 326 g/mol. The van der Waals surface area contributed by atoms with Gasteiger partial charge in [0.2, 0.25) is 0 Å². The van der Waals surface area contributed by atoms with Gasteiger partial charge >= 0.3 is 21.3 Å². The number of thiol groups is 1. The summed E-state index contributed by atoms with van der Waals surface area (Å²) >= 11 is 6.39. The molecule has 10 nitrogen and oxygen atoms in total.